The van der Waals surface area contributed by atoms with E-state index < -0.39 is 8.32 Å². The Kier molecular flexibility index (Phi) is 4.14. The summed E-state index contributed by atoms with van der Waals surface area (Å²) in [6.07, 6.45) is 1.88. The molecule has 0 aromatic carbocycles. The Morgan fingerprint density at radius 2 is 2.07 bits per heavy atom. The summed E-state index contributed by atoms with van der Waals surface area (Å²) in [7, 11) is -1.61. The van der Waals surface area contributed by atoms with Crippen LogP contribution in [0.3, 0.4) is 0 Å². The second kappa shape index (κ2) is 4.65. The third kappa shape index (κ3) is 3.66. The molecule has 0 aliphatic rings. The molecule has 1 aromatic rings. The number of aromatic nitrogens is 1. The molecule has 0 saturated carbocycles. The van der Waals surface area contributed by atoms with E-state index in [1.54, 1.807) is 11.3 Å². The van der Waals surface area contributed by atoms with Crippen molar-refractivity contribution in [3.05, 3.63) is 15.0 Å². The first-order chi connectivity index (χ1) is 6.72. The van der Waals surface area contributed by atoms with Gasteiger partial charge in [0.05, 0.1) is 6.61 Å². The van der Waals surface area contributed by atoms with Crippen LogP contribution in [0.15, 0.2) is 10.1 Å². The van der Waals surface area contributed by atoms with Gasteiger partial charge < -0.3 is 4.43 Å². The van der Waals surface area contributed by atoms with Gasteiger partial charge in [-0.05, 0) is 34.1 Å². The molecule has 15 heavy (non-hydrogen) atoms. The predicted octanol–water partition coefficient (Wildman–Crippen LogP) is 4.43. The van der Waals surface area contributed by atoms with Crippen LogP contribution in [0.1, 0.15) is 25.6 Å². The Labute approximate surface area is 105 Å². The van der Waals surface area contributed by atoms with E-state index in [0.29, 0.717) is 6.61 Å². The van der Waals surface area contributed by atoms with Gasteiger partial charge in [-0.1, -0.05) is 20.8 Å². The van der Waals surface area contributed by atoms with E-state index in [2.05, 4.69) is 54.8 Å². The summed E-state index contributed by atoms with van der Waals surface area (Å²) in [5, 5.41) is 0.273. The Balaban J connectivity index is 2.57. The van der Waals surface area contributed by atoms with E-state index in [-0.39, 0.29) is 5.04 Å². The first kappa shape index (κ1) is 13.4. The molecule has 0 aliphatic carbocycles. The normalized spacial score (nSPS) is 13.2. The summed E-state index contributed by atoms with van der Waals surface area (Å²) in [4.78, 5) is 5.34. The van der Waals surface area contributed by atoms with Crippen molar-refractivity contribution < 1.29 is 4.43 Å². The van der Waals surface area contributed by atoms with Gasteiger partial charge in [-0.3, -0.25) is 0 Å². The molecule has 0 aliphatic heterocycles. The number of nitrogens with zero attached hydrogens (tertiary/aromatic N) is 1. The van der Waals surface area contributed by atoms with Crippen LogP contribution < -0.4 is 0 Å². The summed E-state index contributed by atoms with van der Waals surface area (Å²) in [6, 6.07) is 0. The van der Waals surface area contributed by atoms with Crippen LogP contribution in [0.2, 0.25) is 18.1 Å². The lowest BCUT2D eigenvalue weighted by molar-refractivity contribution is 0.279. The average molecular weight is 308 g/mol. The van der Waals surface area contributed by atoms with Gasteiger partial charge in [0.2, 0.25) is 0 Å². The van der Waals surface area contributed by atoms with Gasteiger partial charge in [-0.2, -0.15) is 0 Å². The standard InChI is InChI=1S/C10H18BrNOSSi/c1-10(2,3)15(4,5)13-7-8-6-12-9(11)14-8/h6H,7H2,1-5H3. The third-order valence-electron chi connectivity index (χ3n) is 2.91. The second-order valence-electron chi connectivity index (χ2n) is 5.13. The van der Waals surface area contributed by atoms with Gasteiger partial charge in [-0.25, -0.2) is 4.98 Å². The zero-order valence-electron chi connectivity index (χ0n) is 9.93. The fraction of sp³-hybridized carbons (Fsp3) is 0.700. The van der Waals surface area contributed by atoms with Gasteiger partial charge in [0, 0.05) is 11.1 Å². The molecule has 0 atom stereocenters. The van der Waals surface area contributed by atoms with Crippen LogP contribution in [-0.4, -0.2) is 13.3 Å². The quantitative estimate of drug-likeness (QED) is 0.771. The van der Waals surface area contributed by atoms with Gasteiger partial charge in [-0.15, -0.1) is 11.3 Å². The van der Waals surface area contributed by atoms with Crippen LogP contribution in [0.5, 0.6) is 0 Å². The Morgan fingerprint density at radius 1 is 1.47 bits per heavy atom. The van der Waals surface area contributed by atoms with Gasteiger partial charge in [0.25, 0.3) is 0 Å². The van der Waals surface area contributed by atoms with Gasteiger partial charge >= 0.3 is 0 Å². The first-order valence-corrected chi connectivity index (χ1v) is 9.48. The molecule has 0 saturated heterocycles. The molecule has 0 unspecified atom stereocenters. The van der Waals surface area contributed by atoms with Crippen molar-refractivity contribution in [1.82, 2.24) is 4.98 Å². The summed E-state index contributed by atoms with van der Waals surface area (Å²) in [5.74, 6) is 0. The highest BCUT2D eigenvalue weighted by atomic mass is 79.9. The largest absolute Gasteiger partial charge is 0.412 e. The Morgan fingerprint density at radius 3 is 2.47 bits per heavy atom. The number of hydrogen-bond donors (Lipinski definition) is 0. The highest BCUT2D eigenvalue weighted by Crippen LogP contribution is 2.37. The van der Waals surface area contributed by atoms with Crippen LogP contribution in [-0.2, 0) is 11.0 Å². The van der Waals surface area contributed by atoms with Crippen LogP contribution in [0.25, 0.3) is 0 Å². The van der Waals surface area contributed by atoms with Crippen molar-refractivity contribution in [2.75, 3.05) is 0 Å². The van der Waals surface area contributed by atoms with Crippen molar-refractivity contribution in [2.45, 2.75) is 45.5 Å². The summed E-state index contributed by atoms with van der Waals surface area (Å²) in [6.45, 7) is 12.0. The maximum Gasteiger partial charge on any atom is 0.192 e. The van der Waals surface area contributed by atoms with E-state index in [1.807, 2.05) is 6.20 Å². The SMILES string of the molecule is CC(C)(C)[Si](C)(C)OCc1cnc(Br)s1. The minimum Gasteiger partial charge on any atom is -0.412 e. The number of halogens is 1. The molecule has 86 valence electrons. The number of rotatable bonds is 3. The highest BCUT2D eigenvalue weighted by Gasteiger charge is 2.37. The zero-order valence-corrected chi connectivity index (χ0v) is 13.3. The molecule has 0 fully saturated rings. The maximum absolute atomic E-state index is 6.08. The lowest BCUT2D eigenvalue weighted by Gasteiger charge is -2.35. The summed E-state index contributed by atoms with van der Waals surface area (Å²) < 4.78 is 7.01. The summed E-state index contributed by atoms with van der Waals surface area (Å²) in [5.41, 5.74) is 0. The molecule has 0 spiro atoms. The van der Waals surface area contributed by atoms with Crippen molar-refractivity contribution in [2.24, 2.45) is 0 Å². The molecular weight excluding hydrogens is 290 g/mol. The minimum absolute atomic E-state index is 0.273. The molecule has 1 heterocycles. The van der Waals surface area contributed by atoms with E-state index >= 15 is 0 Å². The lowest BCUT2D eigenvalue weighted by atomic mass is 10.2. The molecule has 0 bridgehead atoms. The highest BCUT2D eigenvalue weighted by molar-refractivity contribution is 9.11. The van der Waals surface area contributed by atoms with E-state index in [0.717, 1.165) is 3.92 Å². The predicted molar refractivity (Wildman–Crippen MR) is 71.8 cm³/mol. The van der Waals surface area contributed by atoms with Crippen molar-refractivity contribution in [3.63, 3.8) is 0 Å². The second-order valence-corrected chi connectivity index (χ2v) is 12.3. The molecule has 1 aromatic heterocycles. The molecule has 0 N–H and O–H groups in total. The van der Waals surface area contributed by atoms with Gasteiger partial charge in [0.1, 0.15) is 0 Å². The van der Waals surface area contributed by atoms with Crippen molar-refractivity contribution >= 4 is 35.6 Å². The molecule has 0 radical (unpaired) electrons. The lowest BCUT2D eigenvalue weighted by Crippen LogP contribution is -2.40. The first-order valence-electron chi connectivity index (χ1n) is 4.96. The topological polar surface area (TPSA) is 22.1 Å². The third-order valence-corrected chi connectivity index (χ3v) is 8.83. The van der Waals surface area contributed by atoms with Crippen LogP contribution in [0.4, 0.5) is 0 Å². The molecule has 5 heteroatoms. The van der Waals surface area contributed by atoms with Crippen molar-refractivity contribution in [1.29, 1.82) is 0 Å². The monoisotopic (exact) mass is 307 g/mol. The summed E-state index contributed by atoms with van der Waals surface area (Å²) >= 11 is 5.00. The minimum atomic E-state index is -1.61. The van der Waals surface area contributed by atoms with E-state index in [9.17, 15) is 0 Å². The Bertz CT molecular complexity index is 332. The Hall–Kier alpha value is 0.287. The van der Waals surface area contributed by atoms with Crippen molar-refractivity contribution in [3.8, 4) is 0 Å². The molecule has 1 rings (SSSR count). The van der Waals surface area contributed by atoms with E-state index in [4.69, 9.17) is 4.43 Å². The van der Waals surface area contributed by atoms with Gasteiger partial charge in [0.15, 0.2) is 12.2 Å². The molecular formula is C10H18BrNOSSi. The van der Waals surface area contributed by atoms with E-state index in [1.165, 1.54) is 4.88 Å². The maximum atomic E-state index is 6.08. The average Bonchev–Trinajstić information content (AvgIpc) is 2.46. The van der Waals surface area contributed by atoms with Crippen LogP contribution in [0, 0.1) is 0 Å². The molecule has 2 nitrogen and oxygen atoms in total. The fourth-order valence-corrected chi connectivity index (χ4v) is 3.14. The zero-order chi connectivity index (χ0) is 11.7. The smallest absolute Gasteiger partial charge is 0.192 e. The molecule has 0 amide bonds. The van der Waals surface area contributed by atoms with Crippen LogP contribution >= 0.6 is 27.3 Å². The number of hydrogen-bond acceptors (Lipinski definition) is 3. The number of thiazole rings is 1. The fourth-order valence-electron chi connectivity index (χ4n) is 0.818.